The number of nitrogens with zero attached hydrogens (tertiary/aromatic N) is 3. The van der Waals surface area contributed by atoms with Crippen LogP contribution in [0.2, 0.25) is 0 Å². The molecule has 0 spiro atoms. The van der Waals surface area contributed by atoms with Crippen LogP contribution in [0.25, 0.3) is 0 Å². The second-order valence-corrected chi connectivity index (χ2v) is 6.97. The summed E-state index contributed by atoms with van der Waals surface area (Å²) < 4.78 is 1.98. The third-order valence-electron chi connectivity index (χ3n) is 3.91. The van der Waals surface area contributed by atoms with Crippen LogP contribution in [0.5, 0.6) is 0 Å². The van der Waals surface area contributed by atoms with Crippen molar-refractivity contribution in [3.8, 4) is 0 Å². The van der Waals surface area contributed by atoms with Crippen molar-refractivity contribution in [3.63, 3.8) is 0 Å². The van der Waals surface area contributed by atoms with Crippen LogP contribution in [0.1, 0.15) is 30.0 Å². The molecule has 0 amide bonds. The summed E-state index contributed by atoms with van der Waals surface area (Å²) in [6.45, 7) is 6.38. The predicted octanol–water partition coefficient (Wildman–Crippen LogP) is 2.75. The van der Waals surface area contributed by atoms with Crippen LogP contribution < -0.4 is 10.6 Å². The molecule has 4 nitrogen and oxygen atoms in total. The lowest BCUT2D eigenvalue weighted by Gasteiger charge is -2.28. The fourth-order valence-corrected chi connectivity index (χ4v) is 3.58. The Bertz CT molecular complexity index is 571. The van der Waals surface area contributed by atoms with Crippen molar-refractivity contribution in [1.82, 2.24) is 9.78 Å². The van der Waals surface area contributed by atoms with E-state index in [1.165, 1.54) is 16.3 Å². The van der Waals surface area contributed by atoms with E-state index in [9.17, 15) is 0 Å². The highest BCUT2D eigenvalue weighted by Gasteiger charge is 2.21. The summed E-state index contributed by atoms with van der Waals surface area (Å²) in [6.07, 6.45) is 1.92. The van der Waals surface area contributed by atoms with Gasteiger partial charge in [0.2, 0.25) is 0 Å². The predicted molar refractivity (Wildman–Crippen MR) is 91.2 cm³/mol. The van der Waals surface area contributed by atoms with Gasteiger partial charge in [0.05, 0.1) is 5.69 Å². The average molecular weight is 306 g/mol. The monoisotopic (exact) mass is 306 g/mol. The molecule has 2 aromatic rings. The number of anilines is 1. The van der Waals surface area contributed by atoms with Crippen LogP contribution in [0.15, 0.2) is 17.5 Å². The summed E-state index contributed by atoms with van der Waals surface area (Å²) >= 11 is 1.82. The number of hydrogen-bond acceptors (Lipinski definition) is 4. The van der Waals surface area contributed by atoms with E-state index < -0.39 is 0 Å². The molecule has 0 radical (unpaired) electrons. The molecule has 2 unspecified atom stereocenters. The lowest BCUT2D eigenvalue weighted by molar-refractivity contribution is 0.640. The molecule has 0 aromatic carbocycles. The Labute approximate surface area is 131 Å². The fraction of sp³-hybridized carbons (Fsp3) is 0.562. The molecule has 0 fully saturated rings. The maximum Gasteiger partial charge on any atom is 0.130 e. The minimum Gasteiger partial charge on any atom is -0.357 e. The topological polar surface area (TPSA) is 47.1 Å². The number of thiophene rings is 1. The van der Waals surface area contributed by atoms with Crippen LogP contribution in [0.3, 0.4) is 0 Å². The van der Waals surface area contributed by atoms with Gasteiger partial charge in [-0.1, -0.05) is 6.07 Å². The van der Waals surface area contributed by atoms with Gasteiger partial charge < -0.3 is 10.6 Å². The second kappa shape index (κ2) is 6.62. The standard InChI is InChI=1S/C16H26N4S/c1-11(17)9-15-13(3)18-20(5)16(15)19(4)12(2)10-14-7-6-8-21-14/h6-8,11-12H,9-10,17H2,1-5H3. The quantitative estimate of drug-likeness (QED) is 0.892. The maximum absolute atomic E-state index is 6.00. The average Bonchev–Trinajstić information content (AvgIpc) is 2.98. The molecule has 5 heteroatoms. The minimum atomic E-state index is 0.146. The van der Waals surface area contributed by atoms with E-state index in [1.807, 2.05) is 30.0 Å². The van der Waals surface area contributed by atoms with Gasteiger partial charge in [0.15, 0.2) is 0 Å². The fourth-order valence-electron chi connectivity index (χ4n) is 2.76. The van der Waals surface area contributed by atoms with Gasteiger partial charge in [-0.2, -0.15) is 5.10 Å². The molecular weight excluding hydrogens is 280 g/mol. The molecular formula is C16H26N4S. The Morgan fingerprint density at radius 3 is 2.67 bits per heavy atom. The minimum absolute atomic E-state index is 0.146. The molecule has 2 heterocycles. The van der Waals surface area contributed by atoms with E-state index in [-0.39, 0.29) is 6.04 Å². The maximum atomic E-state index is 6.00. The Morgan fingerprint density at radius 1 is 1.38 bits per heavy atom. The number of aryl methyl sites for hydroxylation is 2. The number of hydrogen-bond donors (Lipinski definition) is 1. The summed E-state index contributed by atoms with van der Waals surface area (Å²) in [4.78, 5) is 3.75. The van der Waals surface area contributed by atoms with Crippen LogP contribution >= 0.6 is 11.3 Å². The van der Waals surface area contributed by atoms with Crippen molar-refractivity contribution in [2.24, 2.45) is 12.8 Å². The lowest BCUT2D eigenvalue weighted by atomic mass is 10.1. The normalized spacial score (nSPS) is 14.2. The number of likely N-dealkylation sites (N-methyl/N-ethyl adjacent to an activating group) is 1. The molecule has 2 aromatic heterocycles. The van der Waals surface area contributed by atoms with Crippen molar-refractivity contribution in [2.45, 2.75) is 45.7 Å². The van der Waals surface area contributed by atoms with Gasteiger partial charge in [0, 0.05) is 43.0 Å². The summed E-state index contributed by atoms with van der Waals surface area (Å²) in [6, 6.07) is 4.88. The van der Waals surface area contributed by atoms with Crippen LogP contribution in [-0.4, -0.2) is 28.9 Å². The van der Waals surface area contributed by atoms with E-state index >= 15 is 0 Å². The first-order chi connectivity index (χ1) is 9.90. The van der Waals surface area contributed by atoms with Crippen molar-refractivity contribution < 1.29 is 0 Å². The van der Waals surface area contributed by atoms with Gasteiger partial charge in [0.1, 0.15) is 5.82 Å². The molecule has 116 valence electrons. The lowest BCUT2D eigenvalue weighted by Crippen LogP contribution is -2.33. The summed E-state index contributed by atoms with van der Waals surface area (Å²) in [5.74, 6) is 1.19. The highest BCUT2D eigenvalue weighted by Crippen LogP contribution is 2.26. The molecule has 0 bridgehead atoms. The van der Waals surface area contributed by atoms with Gasteiger partial charge in [0.25, 0.3) is 0 Å². The summed E-state index contributed by atoms with van der Waals surface area (Å²) in [7, 11) is 4.17. The van der Waals surface area contributed by atoms with Crippen molar-refractivity contribution in [1.29, 1.82) is 0 Å². The Morgan fingerprint density at radius 2 is 2.10 bits per heavy atom. The second-order valence-electron chi connectivity index (χ2n) is 5.94. The van der Waals surface area contributed by atoms with E-state index in [0.29, 0.717) is 6.04 Å². The van der Waals surface area contributed by atoms with Gasteiger partial charge in [-0.25, -0.2) is 0 Å². The largest absolute Gasteiger partial charge is 0.357 e. The highest BCUT2D eigenvalue weighted by molar-refractivity contribution is 7.09. The molecule has 2 rings (SSSR count). The van der Waals surface area contributed by atoms with Gasteiger partial charge in [-0.15, -0.1) is 11.3 Å². The third-order valence-corrected chi connectivity index (χ3v) is 4.81. The number of rotatable bonds is 6. The Balaban J connectivity index is 2.23. The van der Waals surface area contributed by atoms with E-state index in [4.69, 9.17) is 5.73 Å². The smallest absolute Gasteiger partial charge is 0.130 e. The molecule has 2 atom stereocenters. The van der Waals surface area contributed by atoms with Gasteiger partial charge in [-0.05, 0) is 38.6 Å². The first-order valence-corrected chi connectivity index (χ1v) is 8.31. The van der Waals surface area contributed by atoms with Crippen molar-refractivity contribution in [2.75, 3.05) is 11.9 Å². The first kappa shape index (κ1) is 16.0. The summed E-state index contributed by atoms with van der Waals surface area (Å²) in [5, 5.41) is 6.72. The van der Waals surface area contributed by atoms with Gasteiger partial charge in [-0.3, -0.25) is 4.68 Å². The van der Waals surface area contributed by atoms with E-state index in [1.54, 1.807) is 0 Å². The van der Waals surface area contributed by atoms with Crippen molar-refractivity contribution in [3.05, 3.63) is 33.6 Å². The zero-order valence-electron chi connectivity index (χ0n) is 13.6. The Kier molecular flexibility index (Phi) is 5.06. The Hall–Kier alpha value is -1.33. The van der Waals surface area contributed by atoms with Crippen molar-refractivity contribution >= 4 is 17.2 Å². The van der Waals surface area contributed by atoms with Crippen LogP contribution in [-0.2, 0) is 19.9 Å². The van der Waals surface area contributed by atoms with Gasteiger partial charge >= 0.3 is 0 Å². The molecule has 0 saturated heterocycles. The zero-order chi connectivity index (χ0) is 15.6. The highest BCUT2D eigenvalue weighted by atomic mass is 32.1. The first-order valence-electron chi connectivity index (χ1n) is 7.43. The van der Waals surface area contributed by atoms with E-state index in [0.717, 1.165) is 18.5 Å². The molecule has 0 saturated carbocycles. The molecule has 21 heavy (non-hydrogen) atoms. The third kappa shape index (κ3) is 3.66. The molecule has 0 aliphatic rings. The van der Waals surface area contributed by atoms with E-state index in [2.05, 4.69) is 48.4 Å². The number of aromatic nitrogens is 2. The SMILES string of the molecule is Cc1nn(C)c(N(C)C(C)Cc2cccs2)c1CC(C)N. The molecule has 0 aliphatic carbocycles. The molecule has 0 aliphatic heterocycles. The number of nitrogens with two attached hydrogens (primary N) is 1. The van der Waals surface area contributed by atoms with Crippen LogP contribution in [0, 0.1) is 6.92 Å². The summed E-state index contributed by atoms with van der Waals surface area (Å²) in [5.41, 5.74) is 8.36. The van der Waals surface area contributed by atoms with Crippen LogP contribution in [0.4, 0.5) is 5.82 Å². The zero-order valence-corrected chi connectivity index (χ0v) is 14.4. The molecule has 2 N–H and O–H groups in total.